The lowest BCUT2D eigenvalue weighted by Crippen LogP contribution is -2.05. The summed E-state index contributed by atoms with van der Waals surface area (Å²) in [7, 11) is 0. The first-order chi connectivity index (χ1) is 9.13. The molecule has 8 nitrogen and oxygen atoms in total. The molecule has 0 fully saturated rings. The van der Waals surface area contributed by atoms with Gasteiger partial charge in [0.05, 0.1) is 18.6 Å². The summed E-state index contributed by atoms with van der Waals surface area (Å²) in [5.41, 5.74) is 7.73. The fraction of sp³-hybridized carbons (Fsp3) is 0.273. The maximum atomic E-state index is 5.63. The fourth-order valence-electron chi connectivity index (χ4n) is 1.75. The van der Waals surface area contributed by atoms with Crippen LogP contribution < -0.4 is 11.1 Å². The first-order valence-corrected chi connectivity index (χ1v) is 5.77. The summed E-state index contributed by atoms with van der Waals surface area (Å²) in [6.45, 7) is 4.19. The maximum absolute atomic E-state index is 5.63. The van der Waals surface area contributed by atoms with Gasteiger partial charge in [-0.1, -0.05) is 0 Å². The van der Waals surface area contributed by atoms with E-state index in [-0.39, 0.29) is 5.95 Å². The number of aromatic amines is 1. The van der Waals surface area contributed by atoms with Gasteiger partial charge in [0.15, 0.2) is 11.5 Å². The molecule has 0 saturated carbocycles. The molecule has 3 aromatic heterocycles. The fourth-order valence-corrected chi connectivity index (χ4v) is 1.75. The number of nitrogens with two attached hydrogens (primary N) is 1. The predicted molar refractivity (Wildman–Crippen MR) is 69.4 cm³/mol. The van der Waals surface area contributed by atoms with E-state index >= 15 is 0 Å². The van der Waals surface area contributed by atoms with Crippen LogP contribution in [-0.2, 0) is 6.54 Å². The summed E-state index contributed by atoms with van der Waals surface area (Å²) in [4.78, 5) is 19.4. The Morgan fingerprint density at radius 3 is 2.89 bits per heavy atom. The molecule has 0 bridgehead atoms. The molecule has 4 N–H and O–H groups in total. The van der Waals surface area contributed by atoms with E-state index in [2.05, 4.69) is 30.2 Å². The van der Waals surface area contributed by atoms with Crippen LogP contribution in [0.3, 0.4) is 0 Å². The lowest BCUT2D eigenvalue weighted by atomic mass is 10.4. The van der Waals surface area contributed by atoms with Gasteiger partial charge in [-0.3, -0.25) is 0 Å². The summed E-state index contributed by atoms with van der Waals surface area (Å²) in [6, 6.07) is 0. The number of imidazole rings is 1. The van der Waals surface area contributed by atoms with E-state index < -0.39 is 0 Å². The van der Waals surface area contributed by atoms with Crippen molar-refractivity contribution in [3.63, 3.8) is 0 Å². The Morgan fingerprint density at radius 1 is 1.32 bits per heavy atom. The summed E-state index contributed by atoms with van der Waals surface area (Å²) >= 11 is 0. The molecule has 0 aromatic carbocycles. The van der Waals surface area contributed by atoms with Gasteiger partial charge in [0.1, 0.15) is 11.3 Å². The van der Waals surface area contributed by atoms with Crippen LogP contribution in [0.5, 0.6) is 0 Å². The first kappa shape index (κ1) is 11.5. The van der Waals surface area contributed by atoms with Gasteiger partial charge >= 0.3 is 0 Å². The molecule has 3 heterocycles. The number of aryl methyl sites for hydroxylation is 2. The third-order valence-corrected chi connectivity index (χ3v) is 2.78. The SMILES string of the molecule is Cc1nc(CNc2nc(N)nc3nc[nH]c23)oc1C. The van der Waals surface area contributed by atoms with E-state index in [9.17, 15) is 0 Å². The highest BCUT2D eigenvalue weighted by molar-refractivity contribution is 5.83. The number of oxazole rings is 1. The van der Waals surface area contributed by atoms with Crippen molar-refractivity contribution in [2.24, 2.45) is 0 Å². The van der Waals surface area contributed by atoms with E-state index in [0.717, 1.165) is 11.5 Å². The van der Waals surface area contributed by atoms with Gasteiger partial charge in [-0.2, -0.15) is 9.97 Å². The number of nitrogen functional groups attached to an aromatic ring is 1. The van der Waals surface area contributed by atoms with Gasteiger partial charge in [0.25, 0.3) is 0 Å². The van der Waals surface area contributed by atoms with E-state index in [1.807, 2.05) is 13.8 Å². The highest BCUT2D eigenvalue weighted by Crippen LogP contribution is 2.18. The standard InChI is InChI=1S/C11H13N7O/c1-5-6(2)19-7(16-5)3-13-9-8-10(15-4-14-8)18-11(12)17-9/h4H,3H2,1-2H3,(H4,12,13,14,15,17,18). The van der Waals surface area contributed by atoms with Crippen molar-refractivity contribution in [3.05, 3.63) is 23.7 Å². The van der Waals surface area contributed by atoms with Gasteiger partial charge < -0.3 is 20.5 Å². The number of nitrogens with zero attached hydrogens (tertiary/aromatic N) is 4. The third-order valence-electron chi connectivity index (χ3n) is 2.78. The normalized spacial score (nSPS) is 11.1. The zero-order valence-corrected chi connectivity index (χ0v) is 10.6. The molecule has 0 unspecified atom stereocenters. The quantitative estimate of drug-likeness (QED) is 0.645. The Hall–Kier alpha value is -2.64. The zero-order chi connectivity index (χ0) is 13.4. The highest BCUT2D eigenvalue weighted by Gasteiger charge is 2.10. The van der Waals surface area contributed by atoms with E-state index in [1.54, 1.807) is 6.33 Å². The second-order valence-electron chi connectivity index (χ2n) is 4.13. The molecular weight excluding hydrogens is 246 g/mol. The van der Waals surface area contributed by atoms with E-state index in [1.165, 1.54) is 0 Å². The average molecular weight is 259 g/mol. The van der Waals surface area contributed by atoms with Gasteiger partial charge in [-0.05, 0) is 13.8 Å². The van der Waals surface area contributed by atoms with Gasteiger partial charge in [0.2, 0.25) is 11.8 Å². The second-order valence-corrected chi connectivity index (χ2v) is 4.13. The molecule has 0 aliphatic heterocycles. The van der Waals surface area contributed by atoms with Crippen LogP contribution in [-0.4, -0.2) is 24.9 Å². The molecule has 0 amide bonds. The number of rotatable bonds is 3. The maximum Gasteiger partial charge on any atom is 0.224 e. The molecule has 19 heavy (non-hydrogen) atoms. The smallest absolute Gasteiger partial charge is 0.224 e. The number of hydrogen-bond donors (Lipinski definition) is 3. The monoisotopic (exact) mass is 259 g/mol. The molecule has 0 saturated heterocycles. The van der Waals surface area contributed by atoms with Gasteiger partial charge in [-0.25, -0.2) is 9.97 Å². The van der Waals surface area contributed by atoms with Crippen molar-refractivity contribution < 1.29 is 4.42 Å². The molecule has 3 rings (SSSR count). The van der Waals surface area contributed by atoms with Crippen molar-refractivity contribution in [1.29, 1.82) is 0 Å². The molecule has 0 aliphatic carbocycles. The Morgan fingerprint density at radius 2 is 2.16 bits per heavy atom. The Balaban J connectivity index is 1.87. The molecule has 98 valence electrons. The topological polar surface area (TPSA) is 119 Å². The van der Waals surface area contributed by atoms with Crippen LogP contribution in [0.4, 0.5) is 11.8 Å². The first-order valence-electron chi connectivity index (χ1n) is 5.77. The van der Waals surface area contributed by atoms with Crippen LogP contribution in [0.2, 0.25) is 0 Å². The minimum Gasteiger partial charge on any atom is -0.444 e. The van der Waals surface area contributed by atoms with Crippen LogP contribution in [0.1, 0.15) is 17.3 Å². The van der Waals surface area contributed by atoms with Crippen molar-refractivity contribution >= 4 is 22.9 Å². The van der Waals surface area contributed by atoms with Crippen LogP contribution in [0.15, 0.2) is 10.7 Å². The van der Waals surface area contributed by atoms with Crippen molar-refractivity contribution in [1.82, 2.24) is 24.9 Å². The number of nitrogens with one attached hydrogen (secondary N) is 2. The highest BCUT2D eigenvalue weighted by atomic mass is 16.4. The number of aromatic nitrogens is 5. The number of anilines is 2. The Kier molecular flexibility index (Phi) is 2.55. The lowest BCUT2D eigenvalue weighted by molar-refractivity contribution is 0.478. The molecule has 0 radical (unpaired) electrons. The van der Waals surface area contributed by atoms with Crippen LogP contribution >= 0.6 is 0 Å². The van der Waals surface area contributed by atoms with Crippen LogP contribution in [0.25, 0.3) is 11.2 Å². The molecular formula is C11H13N7O. The van der Waals surface area contributed by atoms with Gasteiger partial charge in [0, 0.05) is 0 Å². The van der Waals surface area contributed by atoms with Crippen LogP contribution in [0, 0.1) is 13.8 Å². The summed E-state index contributed by atoms with van der Waals surface area (Å²) in [5.74, 6) is 2.15. The molecule has 0 atom stereocenters. The van der Waals surface area contributed by atoms with Crippen molar-refractivity contribution in [2.45, 2.75) is 20.4 Å². The lowest BCUT2D eigenvalue weighted by Gasteiger charge is -2.04. The van der Waals surface area contributed by atoms with Gasteiger partial charge in [-0.15, -0.1) is 0 Å². The third kappa shape index (κ3) is 2.07. The summed E-state index contributed by atoms with van der Waals surface area (Å²) in [5, 5.41) is 3.11. The summed E-state index contributed by atoms with van der Waals surface area (Å²) < 4.78 is 5.49. The minimum atomic E-state index is 0.168. The molecule has 0 spiro atoms. The zero-order valence-electron chi connectivity index (χ0n) is 10.6. The number of hydrogen-bond acceptors (Lipinski definition) is 7. The second kappa shape index (κ2) is 4.23. The van der Waals surface area contributed by atoms with E-state index in [4.69, 9.17) is 10.2 Å². The number of H-pyrrole nitrogens is 1. The van der Waals surface area contributed by atoms with Crippen molar-refractivity contribution in [3.8, 4) is 0 Å². The summed E-state index contributed by atoms with van der Waals surface area (Å²) in [6.07, 6.45) is 1.55. The average Bonchev–Trinajstić information content (AvgIpc) is 2.94. The molecule has 8 heteroatoms. The molecule has 0 aliphatic rings. The van der Waals surface area contributed by atoms with E-state index in [0.29, 0.717) is 29.4 Å². The Bertz CT molecular complexity index is 710. The predicted octanol–water partition coefficient (Wildman–Crippen LogP) is 1.15. The molecule has 3 aromatic rings. The Labute approximate surface area is 108 Å². The number of fused-ring (bicyclic) bond motifs is 1. The largest absolute Gasteiger partial charge is 0.444 e. The van der Waals surface area contributed by atoms with Crippen molar-refractivity contribution in [2.75, 3.05) is 11.1 Å². The minimum absolute atomic E-state index is 0.168.